The first kappa shape index (κ1) is 17.2. The van der Waals surface area contributed by atoms with E-state index in [-0.39, 0.29) is 5.91 Å². The number of ether oxygens (including phenoxy) is 1. The number of methoxy groups -OCH3 is 1. The van der Waals surface area contributed by atoms with E-state index in [4.69, 9.17) is 4.74 Å². The maximum Gasteiger partial charge on any atom is 0.254 e. The number of hydrogen-bond acceptors (Lipinski definition) is 4. The molecule has 0 atom stereocenters. The first-order chi connectivity index (χ1) is 11.7. The molecule has 2 saturated heterocycles. The molecule has 24 heavy (non-hydrogen) atoms. The average molecular weight is 331 g/mol. The van der Waals surface area contributed by atoms with Crippen LogP contribution in [0, 0.1) is 12.8 Å². The van der Waals surface area contributed by atoms with Gasteiger partial charge >= 0.3 is 0 Å². The van der Waals surface area contributed by atoms with E-state index in [0.29, 0.717) is 0 Å². The van der Waals surface area contributed by atoms with E-state index in [1.165, 1.54) is 19.4 Å². The molecular formula is C19H29N3O2. The lowest BCUT2D eigenvalue weighted by molar-refractivity contribution is 0.0608. The molecule has 0 spiro atoms. The van der Waals surface area contributed by atoms with Gasteiger partial charge in [-0.2, -0.15) is 0 Å². The monoisotopic (exact) mass is 331 g/mol. The second-order valence-corrected chi connectivity index (χ2v) is 6.97. The van der Waals surface area contributed by atoms with Crippen molar-refractivity contribution in [2.45, 2.75) is 19.8 Å². The summed E-state index contributed by atoms with van der Waals surface area (Å²) in [5, 5.41) is 3.42. The van der Waals surface area contributed by atoms with Crippen molar-refractivity contribution in [2.75, 3.05) is 52.9 Å². The molecule has 1 aromatic carbocycles. The van der Waals surface area contributed by atoms with Crippen molar-refractivity contribution >= 4 is 5.91 Å². The summed E-state index contributed by atoms with van der Waals surface area (Å²) < 4.78 is 5.34. The van der Waals surface area contributed by atoms with Crippen LogP contribution in [-0.2, 0) is 0 Å². The van der Waals surface area contributed by atoms with Gasteiger partial charge in [0.1, 0.15) is 5.75 Å². The molecule has 1 N–H and O–H groups in total. The third-order valence-corrected chi connectivity index (χ3v) is 5.29. The second kappa shape index (κ2) is 7.99. The van der Waals surface area contributed by atoms with E-state index in [2.05, 4.69) is 10.2 Å². The van der Waals surface area contributed by atoms with Gasteiger partial charge in [0.05, 0.1) is 7.11 Å². The number of carbonyl (C=O) groups is 1. The highest BCUT2D eigenvalue weighted by Gasteiger charge is 2.24. The number of aryl methyl sites for hydroxylation is 1. The molecule has 2 fully saturated rings. The van der Waals surface area contributed by atoms with Gasteiger partial charge in [0.25, 0.3) is 5.91 Å². The lowest BCUT2D eigenvalue weighted by Crippen LogP contribution is -2.50. The minimum absolute atomic E-state index is 0.120. The summed E-state index contributed by atoms with van der Waals surface area (Å²) in [6, 6.07) is 5.72. The van der Waals surface area contributed by atoms with Gasteiger partial charge in [0.15, 0.2) is 0 Å². The van der Waals surface area contributed by atoms with Crippen LogP contribution in [0.15, 0.2) is 18.2 Å². The molecular weight excluding hydrogens is 302 g/mol. The molecule has 0 unspecified atom stereocenters. The Balaban J connectivity index is 1.53. The maximum absolute atomic E-state index is 12.7. The summed E-state index contributed by atoms with van der Waals surface area (Å²) in [5.41, 5.74) is 1.78. The molecule has 0 bridgehead atoms. The van der Waals surface area contributed by atoms with Crippen molar-refractivity contribution in [2.24, 2.45) is 5.92 Å². The Morgan fingerprint density at radius 3 is 2.58 bits per heavy atom. The van der Waals surface area contributed by atoms with Crippen LogP contribution in [0.2, 0.25) is 0 Å². The first-order valence-electron chi connectivity index (χ1n) is 9.04. The summed E-state index contributed by atoms with van der Waals surface area (Å²) in [6.07, 6.45) is 2.56. The van der Waals surface area contributed by atoms with Crippen LogP contribution in [-0.4, -0.2) is 68.6 Å². The summed E-state index contributed by atoms with van der Waals surface area (Å²) in [4.78, 5) is 17.2. The molecule has 132 valence electrons. The zero-order valence-electron chi connectivity index (χ0n) is 14.9. The normalized spacial score (nSPS) is 20.2. The maximum atomic E-state index is 12.7. The lowest BCUT2D eigenvalue weighted by atomic mass is 9.97. The molecule has 1 amide bonds. The third-order valence-electron chi connectivity index (χ3n) is 5.29. The van der Waals surface area contributed by atoms with Crippen LogP contribution in [0.5, 0.6) is 5.75 Å². The summed E-state index contributed by atoms with van der Waals surface area (Å²) in [5.74, 6) is 1.72. The van der Waals surface area contributed by atoms with Gasteiger partial charge < -0.3 is 15.0 Å². The third kappa shape index (κ3) is 4.08. The van der Waals surface area contributed by atoms with E-state index in [1.54, 1.807) is 7.11 Å². The number of carbonyl (C=O) groups excluding carboxylic acids is 1. The van der Waals surface area contributed by atoms with Crippen LogP contribution in [0.25, 0.3) is 0 Å². The highest BCUT2D eigenvalue weighted by molar-refractivity contribution is 5.94. The van der Waals surface area contributed by atoms with Crippen LogP contribution in [0.3, 0.4) is 0 Å². The minimum atomic E-state index is 0.120. The van der Waals surface area contributed by atoms with E-state index in [0.717, 1.165) is 62.1 Å². The zero-order valence-corrected chi connectivity index (χ0v) is 14.9. The summed E-state index contributed by atoms with van der Waals surface area (Å²) in [6.45, 7) is 9.09. The van der Waals surface area contributed by atoms with Crippen molar-refractivity contribution in [1.29, 1.82) is 0 Å². The van der Waals surface area contributed by atoms with Gasteiger partial charge in [-0.05, 0) is 56.5 Å². The van der Waals surface area contributed by atoms with Gasteiger partial charge in [-0.1, -0.05) is 6.07 Å². The number of nitrogens with zero attached hydrogens (tertiary/aromatic N) is 2. The second-order valence-electron chi connectivity index (χ2n) is 6.97. The fourth-order valence-corrected chi connectivity index (χ4v) is 3.70. The predicted molar refractivity (Wildman–Crippen MR) is 95.7 cm³/mol. The topological polar surface area (TPSA) is 44.8 Å². The van der Waals surface area contributed by atoms with Gasteiger partial charge in [0, 0.05) is 38.3 Å². The molecule has 0 radical (unpaired) electrons. The molecule has 3 rings (SSSR count). The molecule has 5 heteroatoms. The van der Waals surface area contributed by atoms with Crippen LogP contribution < -0.4 is 10.1 Å². The van der Waals surface area contributed by atoms with Gasteiger partial charge in [-0.15, -0.1) is 0 Å². The quantitative estimate of drug-likeness (QED) is 0.913. The van der Waals surface area contributed by atoms with Crippen LogP contribution in [0.4, 0.5) is 0 Å². The van der Waals surface area contributed by atoms with Crippen molar-refractivity contribution < 1.29 is 9.53 Å². The van der Waals surface area contributed by atoms with E-state index in [1.807, 2.05) is 30.0 Å². The summed E-state index contributed by atoms with van der Waals surface area (Å²) in [7, 11) is 1.65. The Morgan fingerprint density at radius 2 is 1.92 bits per heavy atom. The largest absolute Gasteiger partial charge is 0.496 e. The fourth-order valence-electron chi connectivity index (χ4n) is 3.70. The first-order valence-corrected chi connectivity index (χ1v) is 9.04. The Kier molecular flexibility index (Phi) is 5.74. The Morgan fingerprint density at radius 1 is 1.21 bits per heavy atom. The Hall–Kier alpha value is -1.59. The summed E-state index contributed by atoms with van der Waals surface area (Å²) >= 11 is 0. The van der Waals surface area contributed by atoms with Crippen molar-refractivity contribution in [1.82, 2.24) is 15.1 Å². The molecule has 2 heterocycles. The van der Waals surface area contributed by atoms with Gasteiger partial charge in [0.2, 0.25) is 0 Å². The van der Waals surface area contributed by atoms with Crippen molar-refractivity contribution in [3.05, 3.63) is 29.3 Å². The van der Waals surface area contributed by atoms with E-state index >= 15 is 0 Å². The van der Waals surface area contributed by atoms with Crippen molar-refractivity contribution in [3.63, 3.8) is 0 Å². The molecule has 0 aromatic heterocycles. The number of hydrogen-bond donors (Lipinski definition) is 1. The highest BCUT2D eigenvalue weighted by Crippen LogP contribution is 2.21. The molecule has 1 aromatic rings. The molecule has 0 saturated carbocycles. The van der Waals surface area contributed by atoms with Crippen molar-refractivity contribution in [3.8, 4) is 5.75 Å². The number of nitrogens with one attached hydrogen (secondary N) is 1. The van der Waals surface area contributed by atoms with Gasteiger partial charge in [-0.3, -0.25) is 9.69 Å². The van der Waals surface area contributed by atoms with E-state index < -0.39 is 0 Å². The number of piperidine rings is 1. The lowest BCUT2D eigenvalue weighted by Gasteiger charge is -2.37. The minimum Gasteiger partial charge on any atom is -0.496 e. The molecule has 0 aliphatic carbocycles. The predicted octanol–water partition coefficient (Wildman–Crippen LogP) is 1.76. The van der Waals surface area contributed by atoms with Gasteiger partial charge in [-0.25, -0.2) is 0 Å². The SMILES string of the molecule is COc1cc(C(=O)N2CCN(CC3CCNCC3)CC2)ccc1C. The smallest absolute Gasteiger partial charge is 0.254 e. The fraction of sp³-hybridized carbons (Fsp3) is 0.632. The molecule has 5 nitrogen and oxygen atoms in total. The van der Waals surface area contributed by atoms with Crippen LogP contribution >= 0.6 is 0 Å². The Labute approximate surface area is 145 Å². The zero-order chi connectivity index (χ0) is 16.9. The number of piperazine rings is 1. The number of amides is 1. The number of benzene rings is 1. The molecule has 2 aliphatic heterocycles. The molecule has 2 aliphatic rings. The Bertz CT molecular complexity index is 562. The van der Waals surface area contributed by atoms with Crippen LogP contribution in [0.1, 0.15) is 28.8 Å². The highest BCUT2D eigenvalue weighted by atomic mass is 16.5. The van der Waals surface area contributed by atoms with E-state index in [9.17, 15) is 4.79 Å². The number of rotatable bonds is 4. The average Bonchev–Trinajstić information content (AvgIpc) is 2.63. The standard InChI is InChI=1S/C19H29N3O2/c1-15-3-4-17(13-18(15)24-2)19(23)22-11-9-21(10-12-22)14-16-5-7-20-8-6-16/h3-4,13,16,20H,5-12,14H2,1-2H3.